The Morgan fingerprint density at radius 2 is 1.84 bits per heavy atom. The molecule has 5 rings (SSSR count). The van der Waals surface area contributed by atoms with E-state index in [2.05, 4.69) is 9.88 Å². The second kappa shape index (κ2) is 8.96. The summed E-state index contributed by atoms with van der Waals surface area (Å²) < 4.78 is 5.36. The summed E-state index contributed by atoms with van der Waals surface area (Å²) >= 11 is 1.61. The molecule has 0 aromatic carbocycles. The molecule has 2 aromatic rings. The lowest BCUT2D eigenvalue weighted by atomic mass is 9.87. The zero-order valence-corrected chi connectivity index (χ0v) is 18.5. The minimum Gasteiger partial charge on any atom is -0.378 e. The third-order valence-corrected chi connectivity index (χ3v) is 7.73. The molecule has 2 saturated heterocycles. The number of carbonyl (C=O) groups is 2. The average molecular weight is 441 g/mol. The Labute approximate surface area is 186 Å². The van der Waals surface area contributed by atoms with Crippen molar-refractivity contribution in [2.24, 2.45) is 5.92 Å². The van der Waals surface area contributed by atoms with E-state index >= 15 is 0 Å². The van der Waals surface area contributed by atoms with Crippen LogP contribution >= 0.6 is 11.3 Å². The first-order valence-corrected chi connectivity index (χ1v) is 11.9. The second-order valence-corrected chi connectivity index (χ2v) is 9.54. The Bertz CT molecular complexity index is 934. The highest BCUT2D eigenvalue weighted by Crippen LogP contribution is 2.34. The van der Waals surface area contributed by atoms with Crippen molar-refractivity contribution in [3.05, 3.63) is 45.8 Å². The van der Waals surface area contributed by atoms with Gasteiger partial charge in [-0.1, -0.05) is 6.07 Å². The lowest BCUT2D eigenvalue weighted by Gasteiger charge is -2.37. The number of aromatic nitrogens is 1. The number of morpholine rings is 1. The molecule has 3 aliphatic rings. The molecule has 0 N–H and O–H groups in total. The van der Waals surface area contributed by atoms with E-state index in [-0.39, 0.29) is 17.7 Å². The predicted octanol–water partition coefficient (Wildman–Crippen LogP) is 2.07. The van der Waals surface area contributed by atoms with Gasteiger partial charge in [-0.2, -0.15) is 0 Å². The molecular weight excluding hydrogens is 412 g/mol. The number of aryl methyl sites for hydroxylation is 1. The average Bonchev–Trinajstić information content (AvgIpc) is 3.28. The van der Waals surface area contributed by atoms with Gasteiger partial charge in [0, 0.05) is 56.3 Å². The number of piperazine rings is 1. The van der Waals surface area contributed by atoms with Gasteiger partial charge < -0.3 is 19.4 Å². The number of pyridine rings is 1. The van der Waals surface area contributed by atoms with E-state index in [0.717, 1.165) is 56.1 Å². The van der Waals surface area contributed by atoms with Crippen molar-refractivity contribution in [1.82, 2.24) is 14.8 Å². The van der Waals surface area contributed by atoms with Crippen molar-refractivity contribution in [3.63, 3.8) is 0 Å². The van der Waals surface area contributed by atoms with Crippen LogP contribution in [0.3, 0.4) is 0 Å². The summed E-state index contributed by atoms with van der Waals surface area (Å²) in [5.41, 5.74) is 1.19. The van der Waals surface area contributed by atoms with Gasteiger partial charge in [-0.05, 0) is 43.0 Å². The van der Waals surface area contributed by atoms with E-state index in [4.69, 9.17) is 4.74 Å². The van der Waals surface area contributed by atoms with E-state index in [1.807, 2.05) is 40.3 Å². The minimum atomic E-state index is 0.0230. The van der Waals surface area contributed by atoms with Crippen LogP contribution in [-0.2, 0) is 22.4 Å². The van der Waals surface area contributed by atoms with Gasteiger partial charge in [0.15, 0.2) is 0 Å². The Morgan fingerprint density at radius 3 is 2.58 bits per heavy atom. The van der Waals surface area contributed by atoms with Crippen molar-refractivity contribution in [2.45, 2.75) is 19.3 Å². The normalized spacial score (nSPS) is 21.7. The maximum atomic E-state index is 13.2. The van der Waals surface area contributed by atoms with Gasteiger partial charge in [-0.3, -0.25) is 9.59 Å². The number of anilines is 1. The Hall–Kier alpha value is -2.45. The predicted molar refractivity (Wildman–Crippen MR) is 120 cm³/mol. The van der Waals surface area contributed by atoms with E-state index in [1.165, 1.54) is 10.4 Å². The number of hydrogen-bond acceptors (Lipinski definition) is 6. The summed E-state index contributed by atoms with van der Waals surface area (Å²) in [5, 5.41) is 0. The molecule has 31 heavy (non-hydrogen) atoms. The second-order valence-electron chi connectivity index (χ2n) is 8.40. The van der Waals surface area contributed by atoms with Gasteiger partial charge in [0.1, 0.15) is 5.82 Å². The standard InChI is InChI=1S/C23H28N4O3S/c28-22(26-9-7-25(8-10-26)21-3-1-2-6-24-21)17-4-5-19-18(15-17)16-20(31-19)23(29)27-11-13-30-14-12-27/h1-3,6,16-17H,4-5,7-15H2/t17-/m0/s1. The first-order chi connectivity index (χ1) is 15.2. The SMILES string of the molecule is O=C(c1cc2c(s1)CC[C@H](C(=O)N1CCN(c3ccccn3)CC1)C2)N1CCOCC1. The van der Waals surface area contributed by atoms with Crippen LogP contribution in [0.1, 0.15) is 26.5 Å². The van der Waals surface area contributed by atoms with Gasteiger partial charge in [-0.15, -0.1) is 11.3 Å². The van der Waals surface area contributed by atoms with Gasteiger partial charge in [0.25, 0.3) is 5.91 Å². The Kier molecular flexibility index (Phi) is 5.91. The zero-order chi connectivity index (χ0) is 21.2. The molecule has 7 nitrogen and oxygen atoms in total. The van der Waals surface area contributed by atoms with Crippen molar-refractivity contribution in [2.75, 3.05) is 57.4 Å². The number of carbonyl (C=O) groups excluding carboxylic acids is 2. The fourth-order valence-electron chi connectivity index (χ4n) is 4.72. The van der Waals surface area contributed by atoms with E-state index in [0.29, 0.717) is 26.3 Å². The molecule has 1 atom stereocenters. The third-order valence-electron chi connectivity index (χ3n) is 6.51. The van der Waals surface area contributed by atoms with Gasteiger partial charge >= 0.3 is 0 Å². The first-order valence-electron chi connectivity index (χ1n) is 11.1. The van der Waals surface area contributed by atoms with Crippen molar-refractivity contribution < 1.29 is 14.3 Å². The van der Waals surface area contributed by atoms with E-state index < -0.39 is 0 Å². The molecule has 2 aliphatic heterocycles. The maximum absolute atomic E-state index is 13.2. The molecule has 0 bridgehead atoms. The van der Waals surface area contributed by atoms with Crippen LogP contribution in [0.25, 0.3) is 0 Å². The molecule has 0 saturated carbocycles. The van der Waals surface area contributed by atoms with Crippen molar-refractivity contribution >= 4 is 29.0 Å². The van der Waals surface area contributed by atoms with Crippen LogP contribution < -0.4 is 4.90 Å². The van der Waals surface area contributed by atoms with Crippen LogP contribution in [0.4, 0.5) is 5.82 Å². The number of thiophene rings is 1. The molecule has 164 valence electrons. The van der Waals surface area contributed by atoms with Gasteiger partial charge in [0.2, 0.25) is 5.91 Å². The number of fused-ring (bicyclic) bond motifs is 1. The highest BCUT2D eigenvalue weighted by Gasteiger charge is 2.32. The fourth-order valence-corrected chi connectivity index (χ4v) is 5.89. The van der Waals surface area contributed by atoms with Gasteiger partial charge in [0.05, 0.1) is 18.1 Å². The number of rotatable bonds is 3. The van der Waals surface area contributed by atoms with Crippen molar-refractivity contribution in [1.29, 1.82) is 0 Å². The summed E-state index contributed by atoms with van der Waals surface area (Å²) in [4.78, 5) is 38.7. The quantitative estimate of drug-likeness (QED) is 0.731. The Morgan fingerprint density at radius 1 is 1.03 bits per heavy atom. The largest absolute Gasteiger partial charge is 0.378 e. The molecule has 2 amide bonds. The molecule has 2 aromatic heterocycles. The molecular formula is C23H28N4O3S. The van der Waals surface area contributed by atoms with Gasteiger partial charge in [-0.25, -0.2) is 4.98 Å². The first kappa shape index (κ1) is 20.5. The summed E-state index contributed by atoms with van der Waals surface area (Å²) in [7, 11) is 0. The highest BCUT2D eigenvalue weighted by atomic mass is 32.1. The summed E-state index contributed by atoms with van der Waals surface area (Å²) in [6, 6.07) is 7.98. The Balaban J connectivity index is 1.19. The van der Waals surface area contributed by atoms with Crippen LogP contribution in [0, 0.1) is 5.92 Å². The van der Waals surface area contributed by atoms with Crippen LogP contribution in [0.15, 0.2) is 30.5 Å². The third kappa shape index (κ3) is 4.32. The number of amides is 2. The maximum Gasteiger partial charge on any atom is 0.264 e. The molecule has 4 heterocycles. The molecule has 0 radical (unpaired) electrons. The van der Waals surface area contributed by atoms with Crippen LogP contribution in [-0.4, -0.2) is 79.1 Å². The topological polar surface area (TPSA) is 66.0 Å². The fraction of sp³-hybridized carbons (Fsp3) is 0.522. The lowest BCUT2D eigenvalue weighted by molar-refractivity contribution is -0.136. The molecule has 0 spiro atoms. The smallest absolute Gasteiger partial charge is 0.264 e. The molecule has 1 aliphatic carbocycles. The summed E-state index contributed by atoms with van der Waals surface area (Å²) in [6.45, 7) is 5.66. The summed E-state index contributed by atoms with van der Waals surface area (Å²) in [6.07, 6.45) is 4.32. The zero-order valence-electron chi connectivity index (χ0n) is 17.7. The van der Waals surface area contributed by atoms with Crippen LogP contribution in [0.2, 0.25) is 0 Å². The number of ether oxygens (including phenoxy) is 1. The minimum absolute atomic E-state index is 0.0230. The monoisotopic (exact) mass is 440 g/mol. The lowest BCUT2D eigenvalue weighted by Crippen LogP contribution is -2.51. The summed E-state index contributed by atoms with van der Waals surface area (Å²) in [5.74, 6) is 1.37. The molecule has 0 unspecified atom stereocenters. The highest BCUT2D eigenvalue weighted by molar-refractivity contribution is 7.14. The molecule has 8 heteroatoms. The van der Waals surface area contributed by atoms with Crippen molar-refractivity contribution in [3.8, 4) is 0 Å². The number of nitrogens with zero attached hydrogens (tertiary/aromatic N) is 4. The van der Waals surface area contributed by atoms with Crippen LogP contribution in [0.5, 0.6) is 0 Å². The van der Waals surface area contributed by atoms with E-state index in [9.17, 15) is 9.59 Å². The number of hydrogen-bond donors (Lipinski definition) is 0. The van der Waals surface area contributed by atoms with E-state index in [1.54, 1.807) is 11.3 Å². The molecule has 2 fully saturated rings.